The summed E-state index contributed by atoms with van der Waals surface area (Å²) in [4.78, 5) is 12.4. The normalized spacial score (nSPS) is 9.79. The molecule has 0 spiro atoms. The molecule has 0 saturated carbocycles. The molecule has 0 aliphatic carbocycles. The van der Waals surface area contributed by atoms with Crippen molar-refractivity contribution in [2.24, 2.45) is 0 Å². The first-order valence-corrected chi connectivity index (χ1v) is 11.4. The highest BCUT2D eigenvalue weighted by Gasteiger charge is 2.25. The van der Waals surface area contributed by atoms with Gasteiger partial charge in [-0.05, 0) is 37.1 Å². The lowest BCUT2D eigenvalue weighted by atomic mass is 10.0. The van der Waals surface area contributed by atoms with Crippen LogP contribution in [0.5, 0.6) is 5.75 Å². The molecule has 7 nitrogen and oxygen atoms in total. The molecule has 0 fully saturated rings. The average molecular weight is 473 g/mol. The standard InChI is InChI=1S/C27H36O7/c1-6-10-11-12-13-14-15-16-23-17-19-24(20-18-23)33-22(5)34-25(26(28)32-21-29-7-2)27(30-8-3)31-9-4/h7-9,17-20H,2-6,10-16,21H2,1H3. The molecule has 1 aromatic carbocycles. The summed E-state index contributed by atoms with van der Waals surface area (Å²) in [5, 5.41) is 0. The van der Waals surface area contributed by atoms with E-state index in [4.69, 9.17) is 28.4 Å². The van der Waals surface area contributed by atoms with Gasteiger partial charge in [-0.15, -0.1) is 0 Å². The SMILES string of the molecule is C=COCOC(=O)C(OC(=C)Oc1ccc(CCCCCCCCC)cc1)=C(OC=C)OC=C. The number of aryl methyl sites for hydroxylation is 1. The molecule has 34 heavy (non-hydrogen) atoms. The highest BCUT2D eigenvalue weighted by atomic mass is 16.7. The van der Waals surface area contributed by atoms with Crippen LogP contribution in [0.2, 0.25) is 0 Å². The van der Waals surface area contributed by atoms with Gasteiger partial charge >= 0.3 is 11.9 Å². The summed E-state index contributed by atoms with van der Waals surface area (Å²) in [6.07, 6.45) is 13.1. The number of benzene rings is 1. The first-order chi connectivity index (χ1) is 16.5. The van der Waals surface area contributed by atoms with Gasteiger partial charge in [0.15, 0.2) is 0 Å². The van der Waals surface area contributed by atoms with Gasteiger partial charge < -0.3 is 28.4 Å². The first kappa shape index (κ1) is 28.4. The molecule has 0 radical (unpaired) electrons. The van der Waals surface area contributed by atoms with Crippen molar-refractivity contribution in [3.8, 4) is 5.75 Å². The smallest absolute Gasteiger partial charge is 0.384 e. The number of ether oxygens (including phenoxy) is 6. The second-order valence-electron chi connectivity index (χ2n) is 7.16. The second-order valence-corrected chi connectivity index (χ2v) is 7.16. The predicted octanol–water partition coefficient (Wildman–Crippen LogP) is 7.00. The summed E-state index contributed by atoms with van der Waals surface area (Å²) in [5.41, 5.74) is 1.22. The zero-order chi connectivity index (χ0) is 25.0. The largest absolute Gasteiger partial charge is 0.466 e. The van der Waals surface area contributed by atoms with Gasteiger partial charge in [0.1, 0.15) is 5.75 Å². The minimum Gasteiger partial charge on any atom is -0.466 e. The van der Waals surface area contributed by atoms with E-state index in [9.17, 15) is 4.79 Å². The fourth-order valence-corrected chi connectivity index (χ4v) is 2.93. The quantitative estimate of drug-likeness (QED) is 0.0665. The van der Waals surface area contributed by atoms with Crippen molar-refractivity contribution in [2.45, 2.75) is 58.3 Å². The summed E-state index contributed by atoms with van der Waals surface area (Å²) in [6, 6.07) is 7.60. The Labute approximate surface area is 202 Å². The lowest BCUT2D eigenvalue weighted by Crippen LogP contribution is -2.16. The summed E-state index contributed by atoms with van der Waals surface area (Å²) in [6.45, 7) is 15.7. The number of unbranched alkanes of at least 4 members (excludes halogenated alkanes) is 6. The van der Waals surface area contributed by atoms with E-state index in [2.05, 4.69) is 33.2 Å². The minimum absolute atomic E-state index is 0.200. The van der Waals surface area contributed by atoms with Crippen molar-refractivity contribution in [1.82, 2.24) is 0 Å². The van der Waals surface area contributed by atoms with Crippen molar-refractivity contribution >= 4 is 5.97 Å². The Morgan fingerprint density at radius 3 is 2.09 bits per heavy atom. The van der Waals surface area contributed by atoms with Gasteiger partial charge in [0.05, 0.1) is 18.8 Å². The van der Waals surface area contributed by atoms with Crippen LogP contribution in [0.4, 0.5) is 0 Å². The Balaban J connectivity index is 2.67. The molecule has 0 aliphatic heterocycles. The molecule has 186 valence electrons. The summed E-state index contributed by atoms with van der Waals surface area (Å²) < 4.78 is 30.9. The molecule has 0 amide bonds. The zero-order valence-corrected chi connectivity index (χ0v) is 20.1. The van der Waals surface area contributed by atoms with E-state index in [0.29, 0.717) is 5.75 Å². The van der Waals surface area contributed by atoms with Crippen LogP contribution in [0, 0.1) is 0 Å². The van der Waals surface area contributed by atoms with Crippen LogP contribution in [0.15, 0.2) is 87.0 Å². The molecule has 0 bridgehead atoms. The lowest BCUT2D eigenvalue weighted by molar-refractivity contribution is -0.152. The second kappa shape index (κ2) is 17.9. The van der Waals surface area contributed by atoms with Crippen molar-refractivity contribution in [3.05, 3.63) is 92.6 Å². The van der Waals surface area contributed by atoms with Crippen molar-refractivity contribution in [2.75, 3.05) is 6.79 Å². The molecule has 0 atom stereocenters. The maximum absolute atomic E-state index is 12.4. The molecule has 0 N–H and O–H groups in total. The van der Waals surface area contributed by atoms with E-state index in [1.807, 2.05) is 24.3 Å². The molecule has 0 heterocycles. The third kappa shape index (κ3) is 11.9. The van der Waals surface area contributed by atoms with Crippen molar-refractivity contribution < 1.29 is 33.2 Å². The topological polar surface area (TPSA) is 72.5 Å². The Hall–Kier alpha value is -3.61. The fraction of sp³-hybridized carbons (Fsp3) is 0.370. The molecular weight excluding hydrogens is 436 g/mol. The number of rotatable bonds is 20. The highest BCUT2D eigenvalue weighted by molar-refractivity contribution is 5.86. The Kier molecular flexibility index (Phi) is 15.0. The van der Waals surface area contributed by atoms with Crippen LogP contribution in [-0.2, 0) is 34.9 Å². The van der Waals surface area contributed by atoms with Gasteiger partial charge in [0, 0.05) is 0 Å². The third-order valence-corrected chi connectivity index (χ3v) is 4.57. The van der Waals surface area contributed by atoms with Crippen LogP contribution in [0.3, 0.4) is 0 Å². The first-order valence-electron chi connectivity index (χ1n) is 11.4. The average Bonchev–Trinajstić information content (AvgIpc) is 2.83. The van der Waals surface area contributed by atoms with E-state index in [0.717, 1.165) is 31.6 Å². The number of carbonyl (C=O) groups is 1. The number of esters is 1. The summed E-state index contributed by atoms with van der Waals surface area (Å²) in [5.74, 6) is -1.48. The van der Waals surface area contributed by atoms with Crippen LogP contribution in [-0.4, -0.2) is 12.8 Å². The third-order valence-electron chi connectivity index (χ3n) is 4.57. The lowest BCUT2D eigenvalue weighted by Gasteiger charge is -2.15. The summed E-state index contributed by atoms with van der Waals surface area (Å²) in [7, 11) is 0. The Morgan fingerprint density at radius 2 is 1.50 bits per heavy atom. The fourth-order valence-electron chi connectivity index (χ4n) is 2.93. The van der Waals surface area contributed by atoms with E-state index >= 15 is 0 Å². The number of hydrogen-bond acceptors (Lipinski definition) is 7. The van der Waals surface area contributed by atoms with Crippen LogP contribution in [0.1, 0.15) is 57.4 Å². The van der Waals surface area contributed by atoms with Gasteiger partial charge in [-0.1, -0.05) is 77.3 Å². The molecule has 1 rings (SSSR count). The molecule has 0 unspecified atom stereocenters. The van der Waals surface area contributed by atoms with Gasteiger partial charge in [-0.25, -0.2) is 4.79 Å². The maximum Gasteiger partial charge on any atom is 0.384 e. The Morgan fingerprint density at radius 1 is 0.882 bits per heavy atom. The monoisotopic (exact) mass is 472 g/mol. The molecule has 7 heteroatoms. The highest BCUT2D eigenvalue weighted by Crippen LogP contribution is 2.21. The molecule has 0 saturated heterocycles. The van der Waals surface area contributed by atoms with Crippen LogP contribution in [0.25, 0.3) is 0 Å². The van der Waals surface area contributed by atoms with Gasteiger partial charge in [0.25, 0.3) is 11.7 Å². The van der Waals surface area contributed by atoms with Gasteiger partial charge in [0.2, 0.25) is 6.79 Å². The molecular formula is C27H36O7. The maximum atomic E-state index is 12.4. The molecule has 0 aromatic heterocycles. The predicted molar refractivity (Wildman–Crippen MR) is 131 cm³/mol. The minimum atomic E-state index is -0.949. The molecule has 1 aromatic rings. The van der Waals surface area contributed by atoms with E-state index < -0.39 is 18.5 Å². The van der Waals surface area contributed by atoms with Crippen molar-refractivity contribution in [1.29, 1.82) is 0 Å². The van der Waals surface area contributed by atoms with E-state index in [-0.39, 0.29) is 11.9 Å². The van der Waals surface area contributed by atoms with Gasteiger partial charge in [-0.3, -0.25) is 0 Å². The zero-order valence-electron chi connectivity index (χ0n) is 20.1. The van der Waals surface area contributed by atoms with Crippen LogP contribution >= 0.6 is 0 Å². The number of hydrogen-bond donors (Lipinski definition) is 0. The van der Waals surface area contributed by atoms with Crippen molar-refractivity contribution in [3.63, 3.8) is 0 Å². The van der Waals surface area contributed by atoms with Crippen LogP contribution < -0.4 is 4.74 Å². The van der Waals surface area contributed by atoms with E-state index in [1.165, 1.54) is 44.1 Å². The molecule has 0 aliphatic rings. The number of carbonyl (C=O) groups excluding carboxylic acids is 1. The summed E-state index contributed by atoms with van der Waals surface area (Å²) >= 11 is 0. The van der Waals surface area contributed by atoms with E-state index in [1.54, 1.807) is 0 Å². The van der Waals surface area contributed by atoms with Gasteiger partial charge in [-0.2, -0.15) is 0 Å². The Bertz CT molecular complexity index is 797.